The largest absolute Gasteiger partial charge is 0.497 e. The summed E-state index contributed by atoms with van der Waals surface area (Å²) in [5.41, 5.74) is 4.56. The smallest absolute Gasteiger partial charge is 0.338 e. The lowest BCUT2D eigenvalue weighted by Gasteiger charge is -2.17. The summed E-state index contributed by atoms with van der Waals surface area (Å²) in [6.07, 6.45) is -0.131. The molecule has 2 amide bonds. The summed E-state index contributed by atoms with van der Waals surface area (Å²) in [6, 6.07) is 31.5. The monoisotopic (exact) mass is 697 g/mol. The lowest BCUT2D eigenvalue weighted by atomic mass is 9.98. The van der Waals surface area contributed by atoms with Gasteiger partial charge in [-0.15, -0.1) is 0 Å². The number of carbonyl (C=O) groups excluding carboxylic acids is 4. The van der Waals surface area contributed by atoms with Crippen molar-refractivity contribution in [1.82, 2.24) is 4.98 Å². The lowest BCUT2D eigenvalue weighted by molar-refractivity contribution is -0.121. The Hall–Kier alpha value is -6.25. The fourth-order valence-corrected chi connectivity index (χ4v) is 6.72. The molecule has 0 saturated carbocycles. The van der Waals surface area contributed by atoms with Gasteiger partial charge in [0.1, 0.15) is 22.6 Å². The van der Waals surface area contributed by atoms with Crippen molar-refractivity contribution >= 4 is 41.0 Å². The fraction of sp³-hybridized carbons (Fsp3) is 0.150. The van der Waals surface area contributed by atoms with Gasteiger partial charge < -0.3 is 14.2 Å². The van der Waals surface area contributed by atoms with Gasteiger partial charge in [0.15, 0.2) is 12.4 Å². The summed E-state index contributed by atoms with van der Waals surface area (Å²) in [6.45, 7) is 1.48. The van der Waals surface area contributed by atoms with Crippen LogP contribution in [0.2, 0.25) is 0 Å². The molecular weight excluding hydrogens is 667 g/mol. The number of nitrogens with zero attached hydrogens (tertiary/aromatic N) is 3. The molecular formula is C40H31N3O7S. The van der Waals surface area contributed by atoms with E-state index >= 15 is 0 Å². The first-order valence-electron chi connectivity index (χ1n) is 15.8. The molecule has 1 aromatic heterocycles. The van der Waals surface area contributed by atoms with E-state index in [1.807, 2.05) is 37.3 Å². The van der Waals surface area contributed by atoms with Crippen molar-refractivity contribution in [3.8, 4) is 40.0 Å². The summed E-state index contributed by atoms with van der Waals surface area (Å²) in [4.78, 5) is 58.0. The van der Waals surface area contributed by atoms with Gasteiger partial charge in [-0.25, -0.2) is 14.7 Å². The molecule has 0 spiro atoms. The number of amides is 2. The van der Waals surface area contributed by atoms with Crippen molar-refractivity contribution in [1.29, 1.82) is 5.26 Å². The lowest BCUT2D eigenvalue weighted by Crippen LogP contribution is -2.31. The van der Waals surface area contributed by atoms with Crippen molar-refractivity contribution in [2.24, 2.45) is 0 Å². The van der Waals surface area contributed by atoms with Crippen LogP contribution in [0.1, 0.15) is 38.3 Å². The summed E-state index contributed by atoms with van der Waals surface area (Å²) in [5, 5.41) is 9.86. The van der Waals surface area contributed by atoms with Crippen molar-refractivity contribution in [2.75, 3.05) is 25.7 Å². The molecule has 4 aromatic carbocycles. The highest BCUT2D eigenvalue weighted by Crippen LogP contribution is 2.42. The Labute approximate surface area is 298 Å². The third-order valence-electron chi connectivity index (χ3n) is 8.29. The molecule has 1 saturated heterocycles. The first-order chi connectivity index (χ1) is 24.7. The maximum absolute atomic E-state index is 13.8. The number of anilines is 1. The van der Waals surface area contributed by atoms with Gasteiger partial charge in [-0.3, -0.25) is 14.4 Å². The van der Waals surface area contributed by atoms with Crippen LogP contribution in [0.15, 0.2) is 108 Å². The molecule has 0 radical (unpaired) electrons. The highest BCUT2D eigenvalue weighted by molar-refractivity contribution is 8.00. The third-order valence-corrected chi connectivity index (χ3v) is 9.46. The number of methoxy groups -OCH3 is 2. The molecule has 10 nitrogen and oxygen atoms in total. The Morgan fingerprint density at radius 2 is 1.59 bits per heavy atom. The number of rotatable bonds is 11. The molecule has 51 heavy (non-hydrogen) atoms. The topological polar surface area (TPSA) is 136 Å². The van der Waals surface area contributed by atoms with Crippen LogP contribution in [0.25, 0.3) is 22.4 Å². The Balaban J connectivity index is 1.25. The molecule has 1 aliphatic heterocycles. The normalized spacial score (nSPS) is 13.8. The number of Topliss-reactive ketones (excluding diaryl/α,β-unsaturated/α-hetero) is 1. The molecule has 0 N–H and O–H groups in total. The minimum Gasteiger partial charge on any atom is -0.497 e. The van der Waals surface area contributed by atoms with E-state index in [0.29, 0.717) is 33.9 Å². The number of pyridine rings is 1. The summed E-state index contributed by atoms with van der Waals surface area (Å²) in [5.74, 6) is -0.910. The molecule has 6 rings (SSSR count). The Morgan fingerprint density at radius 3 is 2.25 bits per heavy atom. The second kappa shape index (κ2) is 15.1. The highest BCUT2D eigenvalue weighted by Gasteiger charge is 2.41. The maximum Gasteiger partial charge on any atom is 0.338 e. The number of benzene rings is 4. The minimum atomic E-state index is -0.874. The number of hydrogen-bond donors (Lipinski definition) is 0. The first-order valence-corrected chi connectivity index (χ1v) is 16.7. The summed E-state index contributed by atoms with van der Waals surface area (Å²) < 4.78 is 16.3. The minimum absolute atomic E-state index is 0.131. The average Bonchev–Trinajstić information content (AvgIpc) is 3.44. The molecule has 11 heteroatoms. The molecule has 1 unspecified atom stereocenters. The Kier molecular flexibility index (Phi) is 10.3. The summed E-state index contributed by atoms with van der Waals surface area (Å²) in [7, 11) is 3.08. The molecule has 0 aliphatic carbocycles. The zero-order chi connectivity index (χ0) is 36.1. The van der Waals surface area contributed by atoms with Gasteiger partial charge in [-0.1, -0.05) is 71.9 Å². The third kappa shape index (κ3) is 7.37. The Morgan fingerprint density at radius 1 is 0.882 bits per heavy atom. The van der Waals surface area contributed by atoms with Crippen LogP contribution in [-0.2, 0) is 14.3 Å². The number of carbonyl (C=O) groups is 4. The molecule has 1 fully saturated rings. The van der Waals surface area contributed by atoms with Crippen LogP contribution >= 0.6 is 11.8 Å². The van der Waals surface area contributed by atoms with Crippen LogP contribution in [0, 0.1) is 18.3 Å². The van der Waals surface area contributed by atoms with Gasteiger partial charge >= 0.3 is 5.97 Å². The van der Waals surface area contributed by atoms with E-state index < -0.39 is 29.6 Å². The van der Waals surface area contributed by atoms with Gasteiger partial charge in [0, 0.05) is 28.7 Å². The zero-order valence-corrected chi connectivity index (χ0v) is 28.7. The van der Waals surface area contributed by atoms with Crippen LogP contribution in [0.4, 0.5) is 5.69 Å². The van der Waals surface area contributed by atoms with Gasteiger partial charge in [-0.05, 0) is 55.5 Å². The van der Waals surface area contributed by atoms with E-state index in [4.69, 9.17) is 19.2 Å². The van der Waals surface area contributed by atoms with Gasteiger partial charge in [0.2, 0.25) is 11.8 Å². The standard InChI is InChI=1S/C40H31N3O7S/c1-24-9-11-26(12-10-24)34(44)23-50-40(47)27-13-15-28(16-14-27)43-37(45)21-36(39(43)46)51-38-32(22-41)30(20-33(42-38)25-7-5-4-6-8-25)31-19-29(48-2)17-18-35(31)49-3/h4-20,36H,21,23H2,1-3H3. The van der Waals surface area contributed by atoms with Crippen LogP contribution in [0.3, 0.4) is 0 Å². The number of esters is 1. The number of imide groups is 1. The van der Waals surface area contributed by atoms with Crippen LogP contribution in [0.5, 0.6) is 11.5 Å². The van der Waals surface area contributed by atoms with Gasteiger partial charge in [-0.2, -0.15) is 5.26 Å². The quantitative estimate of drug-likeness (QED) is 0.0801. The van der Waals surface area contributed by atoms with Crippen molar-refractivity contribution in [3.05, 3.63) is 125 Å². The van der Waals surface area contributed by atoms with E-state index in [1.165, 1.54) is 31.4 Å². The zero-order valence-electron chi connectivity index (χ0n) is 27.9. The number of aromatic nitrogens is 1. The van der Waals surface area contributed by atoms with Crippen LogP contribution < -0.4 is 14.4 Å². The van der Waals surface area contributed by atoms with E-state index in [2.05, 4.69) is 6.07 Å². The molecule has 2 heterocycles. The van der Waals surface area contributed by atoms with E-state index in [1.54, 1.807) is 55.6 Å². The maximum atomic E-state index is 13.8. The first kappa shape index (κ1) is 34.6. The predicted octanol–water partition coefficient (Wildman–Crippen LogP) is 7.08. The van der Waals surface area contributed by atoms with E-state index in [9.17, 15) is 24.4 Å². The number of ether oxygens (including phenoxy) is 3. The van der Waals surface area contributed by atoms with E-state index in [0.717, 1.165) is 27.8 Å². The van der Waals surface area contributed by atoms with Crippen molar-refractivity contribution in [2.45, 2.75) is 23.6 Å². The van der Waals surface area contributed by atoms with Crippen molar-refractivity contribution < 1.29 is 33.4 Å². The van der Waals surface area contributed by atoms with E-state index in [-0.39, 0.29) is 34.0 Å². The second-order valence-corrected chi connectivity index (χ2v) is 12.8. The van der Waals surface area contributed by atoms with Gasteiger partial charge in [0.25, 0.3) is 0 Å². The number of ketones is 1. The van der Waals surface area contributed by atoms with Gasteiger partial charge in [0.05, 0.1) is 42.0 Å². The molecule has 254 valence electrons. The SMILES string of the molecule is COc1ccc(OC)c(-c2cc(-c3ccccc3)nc(SC3CC(=O)N(c4ccc(C(=O)OCC(=O)c5ccc(C)cc5)cc4)C3=O)c2C#N)c1. The summed E-state index contributed by atoms with van der Waals surface area (Å²) >= 11 is 1.05. The van der Waals surface area contributed by atoms with Crippen molar-refractivity contribution in [3.63, 3.8) is 0 Å². The molecule has 5 aromatic rings. The molecule has 1 aliphatic rings. The predicted molar refractivity (Wildman–Crippen MR) is 192 cm³/mol. The number of thioether (sulfide) groups is 1. The van der Waals surface area contributed by atoms with Crippen LogP contribution in [-0.4, -0.2) is 54.6 Å². The fourth-order valence-electron chi connectivity index (χ4n) is 5.59. The molecule has 0 bridgehead atoms. The number of nitriles is 1. The number of hydrogen-bond acceptors (Lipinski definition) is 10. The Bertz CT molecular complexity index is 2180. The average molecular weight is 698 g/mol. The second-order valence-electron chi connectivity index (χ2n) is 11.6. The molecule has 1 atom stereocenters. The number of aryl methyl sites for hydroxylation is 1. The highest BCUT2D eigenvalue weighted by atomic mass is 32.2.